The molecular formula is C29H28FN3O5. The lowest BCUT2D eigenvalue weighted by Crippen LogP contribution is -2.11. The first-order valence-electron chi connectivity index (χ1n) is 12.7. The topological polar surface area (TPSA) is 110 Å². The van der Waals surface area contributed by atoms with E-state index in [9.17, 15) is 18.8 Å². The summed E-state index contributed by atoms with van der Waals surface area (Å²) in [5, 5.41) is 5.67. The number of rotatable bonds is 9. The van der Waals surface area contributed by atoms with Gasteiger partial charge in [-0.15, -0.1) is 0 Å². The lowest BCUT2D eigenvalue weighted by Gasteiger charge is -2.12. The zero-order valence-electron chi connectivity index (χ0n) is 21.0. The SMILES string of the molecule is CCOOCCCc1c(/C=C2\C(=O)Nc3ccc(NC(=O)c4ccc(F)cc4)cc32)[nH]c2c1C(=O)CCC2. The number of fused-ring (bicyclic) bond motifs is 2. The summed E-state index contributed by atoms with van der Waals surface area (Å²) in [7, 11) is 0. The summed E-state index contributed by atoms with van der Waals surface area (Å²) < 4.78 is 13.2. The van der Waals surface area contributed by atoms with Crippen molar-refractivity contribution >= 4 is 40.6 Å². The van der Waals surface area contributed by atoms with E-state index >= 15 is 0 Å². The highest BCUT2D eigenvalue weighted by atomic mass is 19.1. The Labute approximate surface area is 219 Å². The normalized spacial score (nSPS) is 15.4. The third-order valence-corrected chi connectivity index (χ3v) is 6.63. The molecule has 1 aliphatic heterocycles. The van der Waals surface area contributed by atoms with Crippen molar-refractivity contribution in [2.75, 3.05) is 23.8 Å². The van der Waals surface area contributed by atoms with Crippen molar-refractivity contribution in [3.05, 3.63) is 81.9 Å². The summed E-state index contributed by atoms with van der Waals surface area (Å²) in [4.78, 5) is 51.9. The van der Waals surface area contributed by atoms with E-state index in [2.05, 4.69) is 15.6 Å². The molecule has 5 rings (SSSR count). The molecule has 8 nitrogen and oxygen atoms in total. The van der Waals surface area contributed by atoms with E-state index in [0.717, 1.165) is 35.4 Å². The third-order valence-electron chi connectivity index (χ3n) is 6.63. The number of aryl methyl sites for hydroxylation is 1. The zero-order valence-corrected chi connectivity index (χ0v) is 21.0. The highest BCUT2D eigenvalue weighted by Crippen LogP contribution is 2.37. The maximum atomic E-state index is 13.2. The van der Waals surface area contributed by atoms with Gasteiger partial charge >= 0.3 is 0 Å². The van der Waals surface area contributed by atoms with Crippen molar-refractivity contribution in [1.82, 2.24) is 4.98 Å². The van der Waals surface area contributed by atoms with Crippen LogP contribution in [0.15, 0.2) is 42.5 Å². The number of carbonyl (C=O) groups is 3. The predicted octanol–water partition coefficient (Wildman–Crippen LogP) is 5.32. The Bertz CT molecular complexity index is 1420. The molecule has 1 aromatic heterocycles. The number of benzene rings is 2. The van der Waals surface area contributed by atoms with Crippen LogP contribution in [0, 0.1) is 5.82 Å². The molecule has 9 heteroatoms. The lowest BCUT2D eigenvalue weighted by molar-refractivity contribution is -0.291. The number of aromatic amines is 1. The quantitative estimate of drug-likeness (QED) is 0.154. The number of amides is 2. The van der Waals surface area contributed by atoms with Crippen LogP contribution in [0.3, 0.4) is 0 Å². The van der Waals surface area contributed by atoms with Crippen LogP contribution >= 0.6 is 0 Å². The van der Waals surface area contributed by atoms with Gasteiger partial charge in [0.15, 0.2) is 5.78 Å². The van der Waals surface area contributed by atoms with Gasteiger partial charge in [-0.25, -0.2) is 14.2 Å². The first kappa shape index (κ1) is 25.6. The van der Waals surface area contributed by atoms with Gasteiger partial charge in [-0.3, -0.25) is 14.4 Å². The fourth-order valence-corrected chi connectivity index (χ4v) is 4.88. The molecule has 196 valence electrons. The van der Waals surface area contributed by atoms with E-state index < -0.39 is 5.82 Å². The van der Waals surface area contributed by atoms with Crippen LogP contribution in [0.2, 0.25) is 0 Å². The summed E-state index contributed by atoms with van der Waals surface area (Å²) in [6, 6.07) is 10.4. The lowest BCUT2D eigenvalue weighted by atomic mass is 9.91. The molecule has 2 heterocycles. The largest absolute Gasteiger partial charge is 0.358 e. The number of carbonyl (C=O) groups excluding carboxylic acids is 3. The van der Waals surface area contributed by atoms with Gasteiger partial charge in [0, 0.05) is 45.9 Å². The van der Waals surface area contributed by atoms with Gasteiger partial charge in [0.25, 0.3) is 11.8 Å². The first-order chi connectivity index (χ1) is 18.4. The van der Waals surface area contributed by atoms with Crippen LogP contribution in [-0.2, 0) is 27.4 Å². The molecule has 2 aromatic carbocycles. The average molecular weight is 518 g/mol. The number of H-pyrrole nitrogens is 1. The van der Waals surface area contributed by atoms with Gasteiger partial charge < -0.3 is 15.6 Å². The van der Waals surface area contributed by atoms with Crippen molar-refractivity contribution in [3.63, 3.8) is 0 Å². The van der Waals surface area contributed by atoms with Crippen molar-refractivity contribution < 1.29 is 28.5 Å². The number of ketones is 1. The highest BCUT2D eigenvalue weighted by molar-refractivity contribution is 6.35. The van der Waals surface area contributed by atoms with E-state index in [4.69, 9.17) is 9.78 Å². The molecule has 2 aliphatic rings. The molecule has 38 heavy (non-hydrogen) atoms. The Morgan fingerprint density at radius 3 is 2.71 bits per heavy atom. The Morgan fingerprint density at radius 2 is 1.92 bits per heavy atom. The molecule has 3 N–H and O–H groups in total. The van der Waals surface area contributed by atoms with Crippen LogP contribution in [0.1, 0.15) is 69.4 Å². The molecule has 0 fully saturated rings. The molecule has 0 spiro atoms. The van der Waals surface area contributed by atoms with Crippen LogP contribution in [0.25, 0.3) is 11.6 Å². The van der Waals surface area contributed by atoms with E-state index in [0.29, 0.717) is 60.6 Å². The Kier molecular flexibility index (Phi) is 7.48. The van der Waals surface area contributed by atoms with Gasteiger partial charge in [0.05, 0.1) is 18.8 Å². The second-order valence-electron chi connectivity index (χ2n) is 9.21. The molecule has 0 unspecified atom stereocenters. The number of halogens is 1. The van der Waals surface area contributed by atoms with Gasteiger partial charge in [0.1, 0.15) is 5.82 Å². The summed E-state index contributed by atoms with van der Waals surface area (Å²) in [6.07, 6.45) is 5.08. The number of hydrogen-bond acceptors (Lipinski definition) is 5. The standard InChI is InChI=1S/C29H28FN3O5/c1-2-37-38-14-4-5-20-25(32-24-6-3-7-26(34)27(20)24)16-22-21-15-19(12-13-23(21)33-29(22)36)31-28(35)17-8-10-18(30)11-9-17/h8-13,15-16,32H,2-7,14H2,1H3,(H,31,35)(H,33,36)/b22-16-. The summed E-state index contributed by atoms with van der Waals surface area (Å²) >= 11 is 0. The fourth-order valence-electron chi connectivity index (χ4n) is 4.88. The summed E-state index contributed by atoms with van der Waals surface area (Å²) in [5.41, 5.74) is 5.71. The second kappa shape index (κ2) is 11.1. The number of aromatic nitrogens is 1. The van der Waals surface area contributed by atoms with Crippen LogP contribution in [-0.4, -0.2) is 35.8 Å². The van der Waals surface area contributed by atoms with Crippen molar-refractivity contribution in [1.29, 1.82) is 0 Å². The Morgan fingerprint density at radius 1 is 1.11 bits per heavy atom. The third kappa shape index (κ3) is 5.29. The van der Waals surface area contributed by atoms with E-state index in [1.807, 2.05) is 6.92 Å². The minimum absolute atomic E-state index is 0.106. The molecule has 0 atom stereocenters. The Balaban J connectivity index is 1.45. The van der Waals surface area contributed by atoms with Crippen molar-refractivity contribution in [3.8, 4) is 0 Å². The maximum absolute atomic E-state index is 13.2. The van der Waals surface area contributed by atoms with Crippen LogP contribution in [0.5, 0.6) is 0 Å². The predicted molar refractivity (Wildman–Crippen MR) is 141 cm³/mol. The molecule has 0 bridgehead atoms. The van der Waals surface area contributed by atoms with Gasteiger partial charge in [-0.1, -0.05) is 0 Å². The summed E-state index contributed by atoms with van der Waals surface area (Å²) in [6.45, 7) is 2.68. The molecular weight excluding hydrogens is 489 g/mol. The smallest absolute Gasteiger partial charge is 0.256 e. The first-order valence-corrected chi connectivity index (χ1v) is 12.7. The van der Waals surface area contributed by atoms with Crippen molar-refractivity contribution in [2.45, 2.75) is 39.0 Å². The second-order valence-corrected chi connectivity index (χ2v) is 9.21. The van der Waals surface area contributed by atoms with E-state index in [-0.39, 0.29) is 17.6 Å². The minimum atomic E-state index is -0.424. The average Bonchev–Trinajstić information content (AvgIpc) is 3.41. The number of nitrogens with one attached hydrogen (secondary N) is 3. The van der Waals surface area contributed by atoms with Gasteiger partial charge in [0.2, 0.25) is 0 Å². The van der Waals surface area contributed by atoms with Crippen LogP contribution < -0.4 is 10.6 Å². The molecule has 3 aromatic rings. The molecule has 2 amide bonds. The van der Waals surface area contributed by atoms with E-state index in [1.165, 1.54) is 24.3 Å². The van der Waals surface area contributed by atoms with Gasteiger partial charge in [-0.2, -0.15) is 0 Å². The number of hydrogen-bond donors (Lipinski definition) is 3. The zero-order chi connectivity index (χ0) is 26.6. The molecule has 0 saturated heterocycles. The highest BCUT2D eigenvalue weighted by Gasteiger charge is 2.28. The monoisotopic (exact) mass is 517 g/mol. The van der Waals surface area contributed by atoms with E-state index in [1.54, 1.807) is 24.3 Å². The van der Waals surface area contributed by atoms with Crippen molar-refractivity contribution in [2.24, 2.45) is 0 Å². The van der Waals surface area contributed by atoms with Gasteiger partial charge in [-0.05, 0) is 86.7 Å². The molecule has 0 radical (unpaired) electrons. The fraction of sp³-hybridized carbons (Fsp3) is 0.276. The minimum Gasteiger partial charge on any atom is -0.358 e. The number of anilines is 2. The Hall–Kier alpha value is -4.08. The number of Topliss-reactive ketones (excluding diaryl/α,β-unsaturated/α-hetero) is 1. The molecule has 0 saturated carbocycles. The van der Waals surface area contributed by atoms with Crippen LogP contribution in [0.4, 0.5) is 15.8 Å². The summed E-state index contributed by atoms with van der Waals surface area (Å²) in [5.74, 6) is -0.978. The maximum Gasteiger partial charge on any atom is 0.256 e. The molecule has 1 aliphatic carbocycles.